The van der Waals surface area contributed by atoms with E-state index in [1.165, 1.54) is 5.56 Å². The SMILES string of the molecule is CCc1ccc(CN(Cc2cccnc2)C(=O)CCNS(=O)(=O)c2ccc(C)c(C)c2)cc1. The summed E-state index contributed by atoms with van der Waals surface area (Å²) in [6, 6.07) is 17.0. The molecule has 0 spiro atoms. The summed E-state index contributed by atoms with van der Waals surface area (Å²) in [6.07, 6.45) is 4.46. The lowest BCUT2D eigenvalue weighted by Gasteiger charge is -2.23. The lowest BCUT2D eigenvalue weighted by molar-refractivity contribution is -0.132. The molecule has 0 bridgehead atoms. The molecule has 3 rings (SSSR count). The van der Waals surface area contributed by atoms with Crippen molar-refractivity contribution < 1.29 is 13.2 Å². The minimum Gasteiger partial charge on any atom is -0.334 e. The lowest BCUT2D eigenvalue weighted by atomic mass is 10.1. The van der Waals surface area contributed by atoms with Gasteiger partial charge in [0.15, 0.2) is 0 Å². The highest BCUT2D eigenvalue weighted by Gasteiger charge is 2.18. The van der Waals surface area contributed by atoms with Crippen molar-refractivity contribution >= 4 is 15.9 Å². The molecular weight excluding hydrogens is 434 g/mol. The highest BCUT2D eigenvalue weighted by molar-refractivity contribution is 7.89. The van der Waals surface area contributed by atoms with E-state index in [1.807, 2.05) is 38.1 Å². The van der Waals surface area contributed by atoms with E-state index in [9.17, 15) is 13.2 Å². The summed E-state index contributed by atoms with van der Waals surface area (Å²) in [5.41, 5.74) is 5.13. The molecule has 0 saturated heterocycles. The van der Waals surface area contributed by atoms with Crippen LogP contribution in [0.4, 0.5) is 0 Å². The van der Waals surface area contributed by atoms with Gasteiger partial charge in [0.05, 0.1) is 4.90 Å². The molecule has 1 heterocycles. The van der Waals surface area contributed by atoms with E-state index in [-0.39, 0.29) is 23.8 Å². The van der Waals surface area contributed by atoms with Crippen molar-refractivity contribution in [3.63, 3.8) is 0 Å². The summed E-state index contributed by atoms with van der Waals surface area (Å²) in [5.74, 6) is -0.124. The molecule has 0 aliphatic carbocycles. The van der Waals surface area contributed by atoms with Crippen molar-refractivity contribution in [2.75, 3.05) is 6.54 Å². The molecule has 1 N–H and O–H groups in total. The molecule has 2 aromatic carbocycles. The van der Waals surface area contributed by atoms with E-state index in [1.54, 1.807) is 35.5 Å². The number of nitrogens with zero attached hydrogens (tertiary/aromatic N) is 2. The second kappa shape index (κ2) is 11.2. The zero-order valence-corrected chi connectivity index (χ0v) is 20.2. The van der Waals surface area contributed by atoms with Crippen molar-refractivity contribution in [3.05, 3.63) is 94.8 Å². The molecule has 3 aromatic rings. The number of amides is 1. The Balaban J connectivity index is 1.67. The molecule has 0 aliphatic heterocycles. The van der Waals surface area contributed by atoms with Gasteiger partial charge < -0.3 is 4.90 Å². The topological polar surface area (TPSA) is 79.4 Å². The van der Waals surface area contributed by atoms with Crippen LogP contribution in [0.25, 0.3) is 0 Å². The van der Waals surface area contributed by atoms with Gasteiger partial charge in [-0.1, -0.05) is 43.3 Å². The van der Waals surface area contributed by atoms with Crippen LogP contribution in [0.15, 0.2) is 71.9 Å². The Morgan fingerprint density at radius 2 is 1.64 bits per heavy atom. The number of pyridine rings is 1. The molecule has 0 fully saturated rings. The fourth-order valence-electron chi connectivity index (χ4n) is 3.46. The van der Waals surface area contributed by atoms with Crippen LogP contribution >= 0.6 is 0 Å². The van der Waals surface area contributed by atoms with Gasteiger partial charge in [0.2, 0.25) is 15.9 Å². The third kappa shape index (κ3) is 6.97. The smallest absolute Gasteiger partial charge is 0.240 e. The van der Waals surface area contributed by atoms with Crippen LogP contribution in [0.1, 0.15) is 41.2 Å². The second-order valence-electron chi connectivity index (χ2n) is 8.17. The number of hydrogen-bond donors (Lipinski definition) is 1. The van der Waals surface area contributed by atoms with Gasteiger partial charge in [-0.2, -0.15) is 0 Å². The maximum atomic E-state index is 13.1. The predicted octanol–water partition coefficient (Wildman–Crippen LogP) is 4.16. The quantitative estimate of drug-likeness (QED) is 0.488. The molecule has 0 atom stereocenters. The van der Waals surface area contributed by atoms with Crippen LogP contribution in [-0.2, 0) is 34.3 Å². The molecule has 1 amide bonds. The molecule has 0 unspecified atom stereocenters. The number of benzene rings is 2. The van der Waals surface area contributed by atoms with Crippen LogP contribution < -0.4 is 4.72 Å². The Bertz CT molecular complexity index is 1180. The Kier molecular flexibility index (Phi) is 8.36. The summed E-state index contributed by atoms with van der Waals surface area (Å²) in [6.45, 7) is 6.80. The van der Waals surface area contributed by atoms with Crippen LogP contribution in [-0.4, -0.2) is 30.8 Å². The fourth-order valence-corrected chi connectivity index (χ4v) is 4.58. The van der Waals surface area contributed by atoms with Crippen LogP contribution in [0.2, 0.25) is 0 Å². The number of hydrogen-bond acceptors (Lipinski definition) is 4. The van der Waals surface area contributed by atoms with Gasteiger partial charge >= 0.3 is 0 Å². The lowest BCUT2D eigenvalue weighted by Crippen LogP contribution is -2.34. The van der Waals surface area contributed by atoms with Crippen molar-refractivity contribution in [3.8, 4) is 0 Å². The van der Waals surface area contributed by atoms with Crippen LogP contribution in [0, 0.1) is 13.8 Å². The van der Waals surface area contributed by atoms with Crippen molar-refractivity contribution in [2.45, 2.75) is 51.6 Å². The van der Waals surface area contributed by atoms with E-state index in [4.69, 9.17) is 0 Å². The standard InChI is InChI=1S/C26H31N3O3S/c1-4-22-8-10-23(11-9-22)18-29(19-24-6-5-14-27-17-24)26(30)13-15-28-33(31,32)25-12-7-20(2)21(3)16-25/h5-12,14,16-17,28H,4,13,15,18-19H2,1-3H3. The second-order valence-corrected chi connectivity index (χ2v) is 9.94. The fraction of sp³-hybridized carbons (Fsp3) is 0.308. The normalized spacial score (nSPS) is 11.4. The zero-order chi connectivity index (χ0) is 23.8. The molecule has 1 aromatic heterocycles. The summed E-state index contributed by atoms with van der Waals surface area (Å²) < 4.78 is 27.9. The Morgan fingerprint density at radius 3 is 2.27 bits per heavy atom. The summed E-state index contributed by atoms with van der Waals surface area (Å²) in [4.78, 5) is 19.2. The van der Waals surface area contributed by atoms with Gasteiger partial charge in [-0.15, -0.1) is 0 Å². The van der Waals surface area contributed by atoms with Crippen molar-refractivity contribution in [1.82, 2.24) is 14.6 Å². The summed E-state index contributed by atoms with van der Waals surface area (Å²) in [5, 5.41) is 0. The zero-order valence-electron chi connectivity index (χ0n) is 19.4. The van der Waals surface area contributed by atoms with Gasteiger partial charge in [0, 0.05) is 38.4 Å². The van der Waals surface area contributed by atoms with E-state index >= 15 is 0 Å². The average molecular weight is 466 g/mol. The van der Waals surface area contributed by atoms with Crippen molar-refractivity contribution in [2.24, 2.45) is 0 Å². The molecule has 33 heavy (non-hydrogen) atoms. The Morgan fingerprint density at radius 1 is 0.939 bits per heavy atom. The highest BCUT2D eigenvalue weighted by Crippen LogP contribution is 2.15. The third-order valence-electron chi connectivity index (χ3n) is 5.67. The van der Waals surface area contributed by atoms with Gasteiger partial charge in [-0.05, 0) is 66.3 Å². The third-order valence-corrected chi connectivity index (χ3v) is 7.13. The molecular formula is C26H31N3O3S. The molecule has 0 saturated carbocycles. The van der Waals surface area contributed by atoms with Gasteiger partial charge in [-0.25, -0.2) is 13.1 Å². The minimum atomic E-state index is -3.68. The minimum absolute atomic E-state index is 0.0341. The average Bonchev–Trinajstić information content (AvgIpc) is 2.81. The maximum Gasteiger partial charge on any atom is 0.240 e. The van der Waals surface area contributed by atoms with E-state index in [0.29, 0.717) is 13.1 Å². The van der Waals surface area contributed by atoms with Crippen molar-refractivity contribution in [1.29, 1.82) is 0 Å². The van der Waals surface area contributed by atoms with Gasteiger partial charge in [0.25, 0.3) is 0 Å². The Hall–Kier alpha value is -3.03. The van der Waals surface area contributed by atoms with E-state index < -0.39 is 10.0 Å². The number of carbonyl (C=O) groups is 1. The first kappa shape index (κ1) is 24.6. The largest absolute Gasteiger partial charge is 0.334 e. The molecule has 174 valence electrons. The van der Waals surface area contributed by atoms with Crippen LogP contribution in [0.5, 0.6) is 0 Å². The number of carbonyl (C=O) groups excluding carboxylic acids is 1. The number of aryl methyl sites for hydroxylation is 3. The molecule has 6 nitrogen and oxygen atoms in total. The molecule has 0 aliphatic rings. The monoisotopic (exact) mass is 465 g/mol. The first-order chi connectivity index (χ1) is 15.8. The number of nitrogens with one attached hydrogen (secondary N) is 1. The maximum absolute atomic E-state index is 13.1. The first-order valence-corrected chi connectivity index (χ1v) is 12.6. The Labute approximate surface area is 196 Å². The highest BCUT2D eigenvalue weighted by atomic mass is 32.2. The summed E-state index contributed by atoms with van der Waals surface area (Å²) in [7, 11) is -3.68. The number of aromatic nitrogens is 1. The predicted molar refractivity (Wildman–Crippen MR) is 130 cm³/mol. The van der Waals surface area contributed by atoms with E-state index in [0.717, 1.165) is 28.7 Å². The van der Waals surface area contributed by atoms with Gasteiger partial charge in [-0.3, -0.25) is 9.78 Å². The summed E-state index contributed by atoms with van der Waals surface area (Å²) >= 11 is 0. The first-order valence-electron chi connectivity index (χ1n) is 11.1. The molecule has 0 radical (unpaired) electrons. The number of rotatable bonds is 10. The number of sulfonamides is 1. The van der Waals surface area contributed by atoms with Gasteiger partial charge in [0.1, 0.15) is 0 Å². The molecule has 7 heteroatoms. The van der Waals surface area contributed by atoms with Crippen LogP contribution in [0.3, 0.4) is 0 Å². The van der Waals surface area contributed by atoms with E-state index in [2.05, 4.69) is 28.8 Å².